The number of aromatic nitrogens is 1. The fraction of sp³-hybridized carbons (Fsp3) is 0.0526. The first-order valence-electron chi connectivity index (χ1n) is 20.5. The lowest BCUT2D eigenvalue weighted by atomic mass is 9.82. The summed E-state index contributed by atoms with van der Waals surface area (Å²) in [4.78, 5) is 2.41. The van der Waals surface area contributed by atoms with Gasteiger partial charge in [-0.3, -0.25) is 0 Å². The molecule has 1 heterocycles. The van der Waals surface area contributed by atoms with Crippen LogP contribution >= 0.6 is 0 Å². The van der Waals surface area contributed by atoms with Crippen LogP contribution in [0.25, 0.3) is 72.0 Å². The van der Waals surface area contributed by atoms with Gasteiger partial charge in [-0.15, -0.1) is 0 Å². The largest absolute Gasteiger partial charge is 0.310 e. The Labute approximate surface area is 345 Å². The third kappa shape index (κ3) is 5.79. The maximum absolute atomic E-state index is 2.52. The Morgan fingerprint density at radius 3 is 1.54 bits per heavy atom. The molecule has 0 spiro atoms. The second-order valence-electron chi connectivity index (χ2n) is 16.2. The molecule has 2 nitrogen and oxygen atoms in total. The van der Waals surface area contributed by atoms with Crippen LogP contribution in [-0.4, -0.2) is 4.57 Å². The summed E-state index contributed by atoms with van der Waals surface area (Å²) in [7, 11) is 0. The molecule has 280 valence electrons. The molecule has 0 radical (unpaired) electrons. The van der Waals surface area contributed by atoms with Gasteiger partial charge in [0.05, 0.1) is 11.0 Å². The Kier molecular flexibility index (Phi) is 8.20. The van der Waals surface area contributed by atoms with Gasteiger partial charge in [-0.05, 0) is 98.6 Å². The molecule has 1 aromatic heterocycles. The fourth-order valence-electron chi connectivity index (χ4n) is 9.46. The molecule has 0 unspecified atom stereocenters. The Hall–Kier alpha value is -7.42. The number of anilines is 3. The lowest BCUT2D eigenvalue weighted by molar-refractivity contribution is 0.661. The van der Waals surface area contributed by atoms with E-state index in [0.717, 1.165) is 22.7 Å². The molecule has 2 heteroatoms. The van der Waals surface area contributed by atoms with E-state index in [0.29, 0.717) is 0 Å². The van der Waals surface area contributed by atoms with Crippen molar-refractivity contribution in [2.24, 2.45) is 0 Å². The molecule has 0 saturated carbocycles. The predicted molar refractivity (Wildman–Crippen MR) is 249 cm³/mol. The highest BCUT2D eigenvalue weighted by Crippen LogP contribution is 2.53. The summed E-state index contributed by atoms with van der Waals surface area (Å²) in [6, 6.07) is 79.7. The van der Waals surface area contributed by atoms with Gasteiger partial charge in [-0.2, -0.15) is 0 Å². The summed E-state index contributed by atoms with van der Waals surface area (Å²) in [6.45, 7) is 4.74. The van der Waals surface area contributed by atoms with Crippen LogP contribution in [0.1, 0.15) is 25.0 Å². The lowest BCUT2D eigenvalue weighted by Crippen LogP contribution is -2.14. The van der Waals surface area contributed by atoms with Gasteiger partial charge in [0.25, 0.3) is 0 Å². The van der Waals surface area contributed by atoms with Crippen LogP contribution in [0.15, 0.2) is 218 Å². The highest BCUT2D eigenvalue weighted by molar-refractivity contribution is 6.16. The molecule has 0 fully saturated rings. The summed E-state index contributed by atoms with van der Waals surface area (Å²) in [5.74, 6) is 0. The molecule has 9 aromatic carbocycles. The van der Waals surface area contributed by atoms with Crippen molar-refractivity contribution >= 4 is 38.9 Å². The molecule has 11 rings (SSSR count). The average Bonchev–Trinajstić information content (AvgIpc) is 3.75. The Bertz CT molecular complexity index is 3140. The van der Waals surface area contributed by atoms with E-state index in [1.165, 1.54) is 77.4 Å². The first kappa shape index (κ1) is 34.8. The first-order valence-corrected chi connectivity index (χ1v) is 20.5. The van der Waals surface area contributed by atoms with Crippen LogP contribution in [0.2, 0.25) is 0 Å². The van der Waals surface area contributed by atoms with Gasteiger partial charge in [0, 0.05) is 44.5 Å². The van der Waals surface area contributed by atoms with Crippen molar-refractivity contribution in [3.63, 3.8) is 0 Å². The molecule has 0 bridgehead atoms. The van der Waals surface area contributed by atoms with E-state index in [-0.39, 0.29) is 5.41 Å². The molecule has 0 amide bonds. The molecular weight excluding hydrogens is 713 g/mol. The SMILES string of the molecule is CC1(C)c2ccccc2-c2c1ccc1c3ccc(N(c4ccc(-c5ccccc5)cc4)c4cccc(-c5ccccc5)c4)cc3n(-c3ccc(-c4ccccc4)cc3)c21. The zero-order valence-electron chi connectivity index (χ0n) is 33.2. The zero-order valence-corrected chi connectivity index (χ0v) is 33.2. The molecule has 0 atom stereocenters. The van der Waals surface area contributed by atoms with E-state index in [1.54, 1.807) is 0 Å². The smallest absolute Gasteiger partial charge is 0.0622 e. The number of rotatable bonds is 7. The highest BCUT2D eigenvalue weighted by atomic mass is 15.1. The number of nitrogens with zero attached hydrogens (tertiary/aromatic N) is 2. The first-order chi connectivity index (χ1) is 29.0. The molecule has 0 aliphatic heterocycles. The van der Waals surface area contributed by atoms with Gasteiger partial charge in [0.1, 0.15) is 0 Å². The second-order valence-corrected chi connectivity index (χ2v) is 16.2. The lowest BCUT2D eigenvalue weighted by Gasteiger charge is -2.26. The molecular formula is C57H42N2. The molecule has 10 aromatic rings. The van der Waals surface area contributed by atoms with Crippen LogP contribution in [0, 0.1) is 0 Å². The highest BCUT2D eigenvalue weighted by Gasteiger charge is 2.37. The van der Waals surface area contributed by atoms with Crippen molar-refractivity contribution in [3.05, 3.63) is 230 Å². The van der Waals surface area contributed by atoms with E-state index in [1.807, 2.05) is 0 Å². The standard InChI is InChI=1S/C57H42N2/c1-57(2)52-24-13-12-23-51(52)55-53(57)36-35-50-49-34-33-48(38-54(49)59(56(50)55)46-31-27-43(28-32-46)40-17-8-4-9-18-40)58(45-29-25-42(26-30-45)39-15-6-3-7-16-39)47-22-14-21-44(37-47)41-19-10-5-11-20-41/h3-38H,1-2H3. The topological polar surface area (TPSA) is 8.17 Å². The van der Waals surface area contributed by atoms with Crippen molar-refractivity contribution in [1.29, 1.82) is 0 Å². The van der Waals surface area contributed by atoms with Crippen molar-refractivity contribution < 1.29 is 0 Å². The van der Waals surface area contributed by atoms with Crippen molar-refractivity contribution in [2.45, 2.75) is 19.3 Å². The monoisotopic (exact) mass is 754 g/mol. The minimum atomic E-state index is -0.115. The molecule has 0 N–H and O–H groups in total. The molecule has 1 aliphatic carbocycles. The van der Waals surface area contributed by atoms with E-state index in [9.17, 15) is 0 Å². The maximum Gasteiger partial charge on any atom is 0.0622 e. The van der Waals surface area contributed by atoms with Gasteiger partial charge in [-0.25, -0.2) is 0 Å². The third-order valence-electron chi connectivity index (χ3n) is 12.4. The van der Waals surface area contributed by atoms with Crippen LogP contribution < -0.4 is 4.90 Å². The van der Waals surface area contributed by atoms with Gasteiger partial charge < -0.3 is 9.47 Å². The van der Waals surface area contributed by atoms with Gasteiger partial charge in [0.2, 0.25) is 0 Å². The summed E-state index contributed by atoms with van der Waals surface area (Å²) >= 11 is 0. The summed E-state index contributed by atoms with van der Waals surface area (Å²) in [6.07, 6.45) is 0. The normalized spacial score (nSPS) is 12.7. The second kappa shape index (κ2) is 13.9. The van der Waals surface area contributed by atoms with E-state index >= 15 is 0 Å². The maximum atomic E-state index is 2.52. The van der Waals surface area contributed by atoms with Crippen molar-refractivity contribution in [1.82, 2.24) is 4.57 Å². The number of hydrogen-bond acceptors (Lipinski definition) is 1. The Balaban J connectivity index is 1.16. The predicted octanol–water partition coefficient (Wildman–Crippen LogP) is 15.6. The molecule has 1 aliphatic rings. The zero-order chi connectivity index (χ0) is 39.5. The summed E-state index contributed by atoms with van der Waals surface area (Å²) in [5.41, 5.74) is 19.3. The van der Waals surface area contributed by atoms with E-state index in [4.69, 9.17) is 0 Å². The Morgan fingerprint density at radius 1 is 0.373 bits per heavy atom. The van der Waals surface area contributed by atoms with E-state index < -0.39 is 0 Å². The van der Waals surface area contributed by atoms with Crippen LogP contribution in [0.3, 0.4) is 0 Å². The quantitative estimate of drug-likeness (QED) is 0.157. The van der Waals surface area contributed by atoms with Crippen LogP contribution in [0.4, 0.5) is 17.1 Å². The minimum absolute atomic E-state index is 0.115. The van der Waals surface area contributed by atoms with Gasteiger partial charge in [0.15, 0.2) is 0 Å². The number of benzene rings is 9. The average molecular weight is 755 g/mol. The molecule has 59 heavy (non-hydrogen) atoms. The van der Waals surface area contributed by atoms with Crippen LogP contribution in [0.5, 0.6) is 0 Å². The Morgan fingerprint density at radius 2 is 0.881 bits per heavy atom. The van der Waals surface area contributed by atoms with Crippen molar-refractivity contribution in [3.8, 4) is 50.2 Å². The van der Waals surface area contributed by atoms with E-state index in [2.05, 4.69) is 242 Å². The van der Waals surface area contributed by atoms with Crippen LogP contribution in [-0.2, 0) is 5.41 Å². The number of fused-ring (bicyclic) bond motifs is 7. The number of hydrogen-bond donors (Lipinski definition) is 0. The summed E-state index contributed by atoms with van der Waals surface area (Å²) < 4.78 is 2.52. The van der Waals surface area contributed by atoms with Gasteiger partial charge in [-0.1, -0.05) is 184 Å². The molecule has 0 saturated heterocycles. The fourth-order valence-corrected chi connectivity index (χ4v) is 9.46. The van der Waals surface area contributed by atoms with Gasteiger partial charge >= 0.3 is 0 Å². The third-order valence-corrected chi connectivity index (χ3v) is 12.4. The van der Waals surface area contributed by atoms with Crippen molar-refractivity contribution in [2.75, 3.05) is 4.90 Å². The summed E-state index contributed by atoms with van der Waals surface area (Å²) in [5, 5.41) is 2.49. The minimum Gasteiger partial charge on any atom is -0.310 e.